The summed E-state index contributed by atoms with van der Waals surface area (Å²) in [6.45, 7) is 6.90. The maximum absolute atomic E-state index is 6.46. The lowest BCUT2D eigenvalue weighted by atomic mass is 9.97. The molecule has 0 saturated heterocycles. The Balaban J connectivity index is 4.36. The second-order valence-electron chi connectivity index (χ2n) is 8.73. The number of hydrogen-bond acceptors (Lipinski definition) is 0. The van der Waals surface area contributed by atoms with Gasteiger partial charge in [0.2, 0.25) is 0 Å². The summed E-state index contributed by atoms with van der Waals surface area (Å²) in [6.07, 6.45) is 29.1. The zero-order chi connectivity index (χ0) is 20.7. The van der Waals surface area contributed by atoms with E-state index in [4.69, 9.17) is 11.2 Å². The van der Waals surface area contributed by atoms with Crippen LogP contribution < -0.4 is 0 Å². The second kappa shape index (κ2) is 23.7. The fraction of sp³-hybridized carbons (Fsp3) is 0.923. The molecule has 0 aromatic heterocycles. The molecular formula is C26H52ClP. The highest BCUT2D eigenvalue weighted by Crippen LogP contribution is 2.38. The average Bonchev–Trinajstić information content (AvgIpc) is 2.71. The fourth-order valence-electron chi connectivity index (χ4n) is 4.04. The lowest BCUT2D eigenvalue weighted by Gasteiger charge is -2.14. The minimum absolute atomic E-state index is 0.518. The van der Waals surface area contributed by atoms with Crippen molar-refractivity contribution in [2.45, 2.75) is 156 Å². The monoisotopic (exact) mass is 430 g/mol. The molecule has 0 amide bonds. The van der Waals surface area contributed by atoms with Gasteiger partial charge in [-0.25, -0.2) is 0 Å². The molecule has 0 aliphatic carbocycles. The lowest BCUT2D eigenvalue weighted by Crippen LogP contribution is -1.92. The van der Waals surface area contributed by atoms with Crippen LogP contribution in [-0.2, 0) is 0 Å². The summed E-state index contributed by atoms with van der Waals surface area (Å²) in [5.74, 6) is 0. The number of unbranched alkanes of at least 4 members (excludes halogenated alkanes) is 15. The van der Waals surface area contributed by atoms with E-state index in [9.17, 15) is 0 Å². The topological polar surface area (TPSA) is 0 Å². The molecule has 0 spiro atoms. The van der Waals surface area contributed by atoms with E-state index in [1.54, 1.807) is 10.9 Å². The highest BCUT2D eigenvalue weighted by atomic mass is 35.7. The third-order valence-corrected chi connectivity index (χ3v) is 7.50. The van der Waals surface area contributed by atoms with E-state index in [1.165, 1.54) is 135 Å². The highest BCUT2D eigenvalue weighted by molar-refractivity contribution is 7.72. The molecule has 0 aromatic rings. The quantitative estimate of drug-likeness (QED) is 0.118. The molecule has 168 valence electrons. The van der Waals surface area contributed by atoms with E-state index in [-0.39, 0.29) is 0 Å². The molecule has 0 nitrogen and oxygen atoms in total. The van der Waals surface area contributed by atoms with Crippen LogP contribution in [0.3, 0.4) is 0 Å². The molecular weight excluding hydrogens is 379 g/mol. The van der Waals surface area contributed by atoms with Crippen LogP contribution in [-0.4, -0.2) is 0 Å². The van der Waals surface area contributed by atoms with Gasteiger partial charge in [-0.1, -0.05) is 134 Å². The van der Waals surface area contributed by atoms with Crippen LogP contribution in [0.5, 0.6) is 0 Å². The SMILES string of the molecule is CCCCCCCCC(CCCCCCCC)=C(CCCCCCCC)PCl. The molecule has 0 aromatic carbocycles. The van der Waals surface area contributed by atoms with Gasteiger partial charge in [-0.15, -0.1) is 0 Å². The molecule has 0 fully saturated rings. The molecule has 0 rings (SSSR count). The van der Waals surface area contributed by atoms with Crippen molar-refractivity contribution >= 4 is 19.2 Å². The molecule has 0 bridgehead atoms. The van der Waals surface area contributed by atoms with Gasteiger partial charge < -0.3 is 0 Å². The number of hydrogen-bond donors (Lipinski definition) is 0. The third kappa shape index (κ3) is 18.5. The number of rotatable bonds is 22. The van der Waals surface area contributed by atoms with Gasteiger partial charge in [-0.05, 0) is 43.8 Å². The molecule has 1 atom stereocenters. The van der Waals surface area contributed by atoms with Gasteiger partial charge >= 0.3 is 0 Å². The molecule has 0 heterocycles. The summed E-state index contributed by atoms with van der Waals surface area (Å²) in [6, 6.07) is 0. The molecule has 0 radical (unpaired) electrons. The molecule has 0 saturated carbocycles. The van der Waals surface area contributed by atoms with E-state index >= 15 is 0 Å². The molecule has 0 N–H and O–H groups in total. The second-order valence-corrected chi connectivity index (χ2v) is 10.1. The molecule has 0 aliphatic heterocycles. The lowest BCUT2D eigenvalue weighted by molar-refractivity contribution is 0.578. The normalized spacial score (nSPS) is 11.6. The van der Waals surface area contributed by atoms with Crippen molar-refractivity contribution in [1.82, 2.24) is 0 Å². The maximum atomic E-state index is 6.46. The first kappa shape index (κ1) is 28.5. The van der Waals surface area contributed by atoms with Crippen molar-refractivity contribution in [2.75, 3.05) is 0 Å². The summed E-state index contributed by atoms with van der Waals surface area (Å²) in [5.41, 5.74) is 1.76. The van der Waals surface area contributed by atoms with Crippen LogP contribution in [0.25, 0.3) is 0 Å². The van der Waals surface area contributed by atoms with E-state index in [2.05, 4.69) is 20.8 Å². The van der Waals surface area contributed by atoms with Crippen LogP contribution in [0, 0.1) is 0 Å². The number of allylic oxidation sites excluding steroid dienone is 2. The summed E-state index contributed by atoms with van der Waals surface area (Å²) in [5, 5.41) is 1.64. The first-order valence-corrected chi connectivity index (χ1v) is 14.9. The Labute approximate surface area is 185 Å². The van der Waals surface area contributed by atoms with Crippen molar-refractivity contribution in [2.24, 2.45) is 0 Å². The number of halogens is 1. The first-order valence-electron chi connectivity index (χ1n) is 12.9. The van der Waals surface area contributed by atoms with Gasteiger partial charge in [-0.3, -0.25) is 0 Å². The van der Waals surface area contributed by atoms with Crippen LogP contribution in [0.1, 0.15) is 156 Å². The molecule has 1 unspecified atom stereocenters. The van der Waals surface area contributed by atoms with Crippen LogP contribution >= 0.6 is 19.2 Å². The molecule has 0 aliphatic rings. The van der Waals surface area contributed by atoms with Crippen molar-refractivity contribution in [3.05, 3.63) is 10.9 Å². The predicted octanol–water partition coefficient (Wildman–Crippen LogP) is 11.3. The van der Waals surface area contributed by atoms with E-state index in [0.29, 0.717) is 7.93 Å². The smallest absolute Gasteiger partial charge is 0.00241 e. The van der Waals surface area contributed by atoms with Crippen LogP contribution in [0.2, 0.25) is 0 Å². The zero-order valence-electron chi connectivity index (χ0n) is 19.7. The maximum Gasteiger partial charge on any atom is 0.00241 e. The van der Waals surface area contributed by atoms with Gasteiger partial charge in [0.25, 0.3) is 0 Å². The highest BCUT2D eigenvalue weighted by Gasteiger charge is 2.07. The zero-order valence-corrected chi connectivity index (χ0v) is 21.5. The minimum atomic E-state index is 0.518. The molecule has 2 heteroatoms. The van der Waals surface area contributed by atoms with Crippen LogP contribution in [0.4, 0.5) is 0 Å². The fourth-order valence-corrected chi connectivity index (χ4v) is 5.38. The van der Waals surface area contributed by atoms with Gasteiger partial charge in [0.15, 0.2) is 0 Å². The van der Waals surface area contributed by atoms with Crippen molar-refractivity contribution in [3.63, 3.8) is 0 Å². The van der Waals surface area contributed by atoms with E-state index in [0.717, 1.165) is 0 Å². The Kier molecular flexibility index (Phi) is 24.1. The van der Waals surface area contributed by atoms with Crippen molar-refractivity contribution in [3.8, 4) is 0 Å². The summed E-state index contributed by atoms with van der Waals surface area (Å²) in [4.78, 5) is 0. The van der Waals surface area contributed by atoms with Gasteiger partial charge in [0, 0.05) is 7.93 Å². The van der Waals surface area contributed by atoms with Gasteiger partial charge in [-0.2, -0.15) is 0 Å². The minimum Gasteiger partial charge on any atom is -0.0952 e. The Hall–Kier alpha value is 0.460. The Morgan fingerprint density at radius 2 is 0.786 bits per heavy atom. The van der Waals surface area contributed by atoms with Gasteiger partial charge in [0.1, 0.15) is 0 Å². The van der Waals surface area contributed by atoms with Gasteiger partial charge in [0.05, 0.1) is 0 Å². The van der Waals surface area contributed by atoms with E-state index < -0.39 is 0 Å². The van der Waals surface area contributed by atoms with Crippen LogP contribution in [0.15, 0.2) is 10.9 Å². The Bertz CT molecular complexity index is 319. The third-order valence-electron chi connectivity index (χ3n) is 5.99. The average molecular weight is 431 g/mol. The summed E-state index contributed by atoms with van der Waals surface area (Å²) in [7, 11) is 0.518. The Morgan fingerprint density at radius 1 is 0.464 bits per heavy atom. The van der Waals surface area contributed by atoms with Crippen molar-refractivity contribution in [1.29, 1.82) is 0 Å². The standard InChI is InChI=1S/C26H52ClP/c1-4-7-10-13-16-19-22-25(23-20-17-14-11-8-5-2)26(28-27)24-21-18-15-12-9-6-3/h28H,4-24H2,1-3H3. The largest absolute Gasteiger partial charge is 0.0952 e. The predicted molar refractivity (Wildman–Crippen MR) is 135 cm³/mol. The van der Waals surface area contributed by atoms with Crippen molar-refractivity contribution < 1.29 is 0 Å². The molecule has 28 heavy (non-hydrogen) atoms. The Morgan fingerprint density at radius 3 is 1.14 bits per heavy atom. The summed E-state index contributed by atoms with van der Waals surface area (Å²) >= 11 is 6.46. The first-order chi connectivity index (χ1) is 13.8. The van der Waals surface area contributed by atoms with E-state index in [1.807, 2.05) is 0 Å². The summed E-state index contributed by atoms with van der Waals surface area (Å²) < 4.78 is 0.